The molecule has 3 heteroatoms. The lowest BCUT2D eigenvalue weighted by Gasteiger charge is -2.39. The normalized spacial score (nSPS) is 11.4. The van der Waals surface area contributed by atoms with Gasteiger partial charge in [-0.05, 0) is 38.5 Å². The summed E-state index contributed by atoms with van der Waals surface area (Å²) in [6.07, 6.45) is 13.7. The highest BCUT2D eigenvalue weighted by molar-refractivity contribution is 6.17. The second-order valence-corrected chi connectivity index (χ2v) is 6.78. The third-order valence-electron chi connectivity index (χ3n) is 4.52. The van der Waals surface area contributed by atoms with E-state index in [1.807, 2.05) is 0 Å². The first kappa shape index (κ1) is 24.2. The summed E-state index contributed by atoms with van der Waals surface area (Å²) in [7, 11) is 0. The van der Waals surface area contributed by atoms with E-state index in [9.17, 15) is 0 Å². The van der Waals surface area contributed by atoms with Gasteiger partial charge in [0.15, 0.2) is 0 Å². The molecule has 0 fully saturated rings. The van der Waals surface area contributed by atoms with E-state index in [2.05, 4.69) is 20.8 Å². The number of quaternary nitrogens is 1. The predicted octanol–water partition coefficient (Wildman–Crippen LogP) is 3.01. The van der Waals surface area contributed by atoms with Gasteiger partial charge in [0.1, 0.15) is 0 Å². The van der Waals surface area contributed by atoms with Crippen LogP contribution in [0.4, 0.5) is 0 Å². The van der Waals surface area contributed by atoms with Crippen molar-refractivity contribution in [2.45, 2.75) is 85.0 Å². The molecule has 21 heavy (non-hydrogen) atoms. The summed E-state index contributed by atoms with van der Waals surface area (Å²) < 4.78 is 1.30. The Morgan fingerprint density at radius 3 is 1.33 bits per heavy atom. The Bertz CT molecular complexity index is 190. The Balaban J connectivity index is 0. The van der Waals surface area contributed by atoms with Crippen LogP contribution in [0.15, 0.2) is 0 Å². The Morgan fingerprint density at radius 2 is 0.952 bits per heavy atom. The molecule has 0 spiro atoms. The van der Waals surface area contributed by atoms with Crippen molar-refractivity contribution in [2.75, 3.05) is 32.1 Å². The highest BCUT2D eigenvalue weighted by Gasteiger charge is 2.25. The zero-order chi connectivity index (χ0) is 15.1. The smallest absolute Gasteiger partial charge is 0.0924 e. The van der Waals surface area contributed by atoms with Crippen LogP contribution in [0.5, 0.6) is 0 Å². The van der Waals surface area contributed by atoms with Crippen molar-refractivity contribution in [1.29, 1.82) is 0 Å². The number of hydrogen-bond acceptors (Lipinski definition) is 0. The van der Waals surface area contributed by atoms with Crippen molar-refractivity contribution >= 4 is 11.6 Å². The highest BCUT2D eigenvalue weighted by atomic mass is 127. The molecular formula is C18H39ClIN. The van der Waals surface area contributed by atoms with Gasteiger partial charge in [-0.1, -0.05) is 46.5 Å². The second-order valence-electron chi connectivity index (χ2n) is 6.40. The number of nitrogens with zero attached hydrogens (tertiary/aromatic N) is 1. The maximum Gasteiger partial charge on any atom is 0.0924 e. The lowest BCUT2D eigenvalue weighted by molar-refractivity contribution is -0.926. The third-order valence-corrected chi connectivity index (χ3v) is 4.69. The Hall–Kier alpha value is 0.980. The SMILES string of the molecule is CCCCCC[N+](CCCl)(CCCCC)CCCCC.[I-]. The van der Waals surface area contributed by atoms with E-state index in [1.54, 1.807) is 0 Å². The molecule has 0 N–H and O–H groups in total. The van der Waals surface area contributed by atoms with Gasteiger partial charge in [-0.25, -0.2) is 0 Å². The quantitative estimate of drug-likeness (QED) is 0.162. The number of unbranched alkanes of at least 4 members (excludes halogenated alkanes) is 7. The maximum atomic E-state index is 6.14. The Morgan fingerprint density at radius 1 is 0.571 bits per heavy atom. The molecule has 0 amide bonds. The first-order valence-electron chi connectivity index (χ1n) is 9.15. The molecule has 0 aliphatic rings. The van der Waals surface area contributed by atoms with Gasteiger partial charge in [0.25, 0.3) is 0 Å². The van der Waals surface area contributed by atoms with E-state index < -0.39 is 0 Å². The van der Waals surface area contributed by atoms with Crippen LogP contribution in [-0.2, 0) is 0 Å². The number of rotatable bonds is 15. The van der Waals surface area contributed by atoms with Crippen molar-refractivity contribution < 1.29 is 28.5 Å². The van der Waals surface area contributed by atoms with E-state index in [0.717, 1.165) is 5.88 Å². The van der Waals surface area contributed by atoms with E-state index >= 15 is 0 Å². The molecule has 0 saturated heterocycles. The topological polar surface area (TPSA) is 0 Å². The summed E-state index contributed by atoms with van der Waals surface area (Å²) >= 11 is 6.14. The summed E-state index contributed by atoms with van der Waals surface area (Å²) in [6.45, 7) is 12.2. The predicted molar refractivity (Wildman–Crippen MR) is 93.6 cm³/mol. The minimum atomic E-state index is 0. The van der Waals surface area contributed by atoms with Crippen LogP contribution in [0.1, 0.15) is 85.0 Å². The molecule has 0 aliphatic carbocycles. The molecule has 0 radical (unpaired) electrons. The molecule has 0 bridgehead atoms. The van der Waals surface area contributed by atoms with Crippen molar-refractivity contribution in [2.24, 2.45) is 0 Å². The van der Waals surface area contributed by atoms with Crippen molar-refractivity contribution in [3.8, 4) is 0 Å². The van der Waals surface area contributed by atoms with E-state index in [0.29, 0.717) is 0 Å². The van der Waals surface area contributed by atoms with Gasteiger partial charge in [-0.2, -0.15) is 0 Å². The summed E-state index contributed by atoms with van der Waals surface area (Å²) in [6, 6.07) is 0. The average Bonchev–Trinajstić information content (AvgIpc) is 2.44. The fourth-order valence-electron chi connectivity index (χ4n) is 3.12. The third kappa shape index (κ3) is 13.1. The molecule has 130 valence electrons. The van der Waals surface area contributed by atoms with Crippen molar-refractivity contribution in [1.82, 2.24) is 0 Å². The Labute approximate surface area is 156 Å². The molecule has 0 saturated carbocycles. The van der Waals surface area contributed by atoms with E-state index in [-0.39, 0.29) is 24.0 Å². The van der Waals surface area contributed by atoms with Crippen LogP contribution >= 0.6 is 11.6 Å². The van der Waals surface area contributed by atoms with Crippen LogP contribution in [-0.4, -0.2) is 36.5 Å². The molecule has 0 rings (SSSR count). The second kappa shape index (κ2) is 17.3. The molecule has 0 aliphatic heterocycles. The fourth-order valence-corrected chi connectivity index (χ4v) is 3.48. The molecule has 0 atom stereocenters. The first-order valence-corrected chi connectivity index (χ1v) is 9.69. The standard InChI is InChI=1S/C18H39ClN.HI/c1-4-7-10-13-17-20(18-14-19,15-11-8-5-2)16-12-9-6-3;/h4-18H2,1-3H3;1H/q+1;/p-1. The van der Waals surface area contributed by atoms with Crippen LogP contribution in [0, 0.1) is 0 Å². The van der Waals surface area contributed by atoms with Crippen LogP contribution in [0.3, 0.4) is 0 Å². The Kier molecular flexibility index (Phi) is 20.0. The minimum absolute atomic E-state index is 0. The lowest BCUT2D eigenvalue weighted by atomic mass is 10.1. The number of hydrogen-bond donors (Lipinski definition) is 0. The largest absolute Gasteiger partial charge is 1.00 e. The van der Waals surface area contributed by atoms with Gasteiger partial charge in [-0.3, -0.25) is 0 Å². The number of halogens is 2. The first-order chi connectivity index (χ1) is 9.74. The summed E-state index contributed by atoms with van der Waals surface area (Å²) in [4.78, 5) is 0. The van der Waals surface area contributed by atoms with Crippen molar-refractivity contribution in [3.63, 3.8) is 0 Å². The zero-order valence-electron chi connectivity index (χ0n) is 14.8. The highest BCUT2D eigenvalue weighted by Crippen LogP contribution is 2.17. The molecule has 1 nitrogen and oxygen atoms in total. The number of alkyl halides is 1. The van der Waals surface area contributed by atoms with Gasteiger partial charge in [0, 0.05) is 0 Å². The summed E-state index contributed by atoms with van der Waals surface area (Å²) in [5.74, 6) is 0.825. The van der Waals surface area contributed by atoms with Gasteiger partial charge >= 0.3 is 0 Å². The van der Waals surface area contributed by atoms with Crippen LogP contribution in [0.2, 0.25) is 0 Å². The molecule has 0 unspecified atom stereocenters. The van der Waals surface area contributed by atoms with Gasteiger partial charge < -0.3 is 28.5 Å². The lowest BCUT2D eigenvalue weighted by Crippen LogP contribution is -3.00. The average molecular weight is 432 g/mol. The molecule has 0 aromatic heterocycles. The maximum absolute atomic E-state index is 6.14. The minimum Gasteiger partial charge on any atom is -1.00 e. The monoisotopic (exact) mass is 431 g/mol. The molecule has 0 aromatic carbocycles. The van der Waals surface area contributed by atoms with Crippen molar-refractivity contribution in [3.05, 3.63) is 0 Å². The molecular weight excluding hydrogens is 393 g/mol. The van der Waals surface area contributed by atoms with E-state index in [1.165, 1.54) is 94.9 Å². The molecule has 0 heterocycles. The fraction of sp³-hybridized carbons (Fsp3) is 1.00. The summed E-state index contributed by atoms with van der Waals surface area (Å²) in [5.41, 5.74) is 0. The van der Waals surface area contributed by atoms with Gasteiger partial charge in [0.05, 0.1) is 32.1 Å². The zero-order valence-corrected chi connectivity index (χ0v) is 17.7. The van der Waals surface area contributed by atoms with Gasteiger partial charge in [-0.15, -0.1) is 11.6 Å². The summed E-state index contributed by atoms with van der Waals surface area (Å²) in [5, 5.41) is 0. The van der Waals surface area contributed by atoms with Crippen LogP contribution in [0.25, 0.3) is 0 Å². The molecule has 0 aromatic rings. The van der Waals surface area contributed by atoms with Gasteiger partial charge in [0.2, 0.25) is 0 Å². The van der Waals surface area contributed by atoms with E-state index in [4.69, 9.17) is 11.6 Å². The van der Waals surface area contributed by atoms with Crippen LogP contribution < -0.4 is 24.0 Å².